The zero-order valence-corrected chi connectivity index (χ0v) is 15.4. The Morgan fingerprint density at radius 1 is 0.679 bits per heavy atom. The van der Waals surface area contributed by atoms with Crippen molar-refractivity contribution in [3.05, 3.63) is 103 Å². The minimum Gasteiger partial charge on any atom is -0.308 e. The van der Waals surface area contributed by atoms with Crippen LogP contribution >= 0.6 is 0 Å². The Labute approximate surface area is 164 Å². The fourth-order valence-electron chi connectivity index (χ4n) is 3.83. The molecule has 5 rings (SSSR count). The summed E-state index contributed by atoms with van der Waals surface area (Å²) in [6.45, 7) is 0.883. The molecule has 0 bridgehead atoms. The Morgan fingerprint density at radius 2 is 1.32 bits per heavy atom. The van der Waals surface area contributed by atoms with Crippen molar-refractivity contribution in [3.63, 3.8) is 0 Å². The quantitative estimate of drug-likeness (QED) is 0.469. The van der Waals surface area contributed by atoms with Crippen LogP contribution in [0.15, 0.2) is 97.3 Å². The van der Waals surface area contributed by atoms with E-state index in [2.05, 4.69) is 86.5 Å². The molecule has 4 heteroatoms. The zero-order valence-electron chi connectivity index (χ0n) is 15.4. The number of benzene rings is 3. The molecule has 0 aliphatic carbocycles. The van der Waals surface area contributed by atoms with Crippen molar-refractivity contribution in [2.75, 3.05) is 16.3 Å². The van der Waals surface area contributed by atoms with E-state index in [1.165, 1.54) is 11.3 Å². The minimum absolute atomic E-state index is 0.745. The maximum absolute atomic E-state index is 4.50. The second-order valence-corrected chi connectivity index (χ2v) is 6.74. The highest BCUT2D eigenvalue weighted by atomic mass is 15.3. The fraction of sp³-hybridized carbons (Fsp3) is 0.0833. The predicted molar refractivity (Wildman–Crippen MR) is 114 cm³/mol. The first kappa shape index (κ1) is 16.5. The van der Waals surface area contributed by atoms with Crippen LogP contribution in [0.5, 0.6) is 0 Å². The number of aromatic nitrogens is 2. The van der Waals surface area contributed by atoms with Gasteiger partial charge in [-0.15, -0.1) is 0 Å². The molecule has 0 N–H and O–H groups in total. The monoisotopic (exact) mass is 364 g/mol. The standard InChI is InChI=1S/C24H20N4/c1-3-10-20(11-4-1)28(21-12-5-2-6-13-21)22-14-7-9-19-15-18-27(23(19)22)24-25-16-8-17-26-24/h1-14,16-17H,15,18H2. The van der Waals surface area contributed by atoms with E-state index in [4.69, 9.17) is 0 Å². The van der Waals surface area contributed by atoms with E-state index < -0.39 is 0 Å². The minimum atomic E-state index is 0.745. The summed E-state index contributed by atoms with van der Waals surface area (Å²) in [6, 6.07) is 29.4. The molecule has 0 unspecified atom stereocenters. The van der Waals surface area contributed by atoms with Crippen molar-refractivity contribution in [1.82, 2.24) is 9.97 Å². The van der Waals surface area contributed by atoms with Crippen molar-refractivity contribution >= 4 is 28.7 Å². The molecular formula is C24H20N4. The van der Waals surface area contributed by atoms with E-state index in [0.29, 0.717) is 0 Å². The summed E-state index contributed by atoms with van der Waals surface area (Å²) < 4.78 is 0. The van der Waals surface area contributed by atoms with Crippen LogP contribution in [0, 0.1) is 0 Å². The summed E-state index contributed by atoms with van der Waals surface area (Å²) >= 11 is 0. The number of para-hydroxylation sites is 3. The number of hydrogen-bond donors (Lipinski definition) is 0. The molecule has 0 saturated carbocycles. The molecule has 3 aromatic carbocycles. The third-order valence-corrected chi connectivity index (χ3v) is 5.04. The van der Waals surface area contributed by atoms with Crippen LogP contribution in [0.25, 0.3) is 0 Å². The first-order valence-corrected chi connectivity index (χ1v) is 9.48. The van der Waals surface area contributed by atoms with Crippen LogP contribution in [-0.2, 0) is 6.42 Å². The first-order valence-electron chi connectivity index (χ1n) is 9.48. The smallest absolute Gasteiger partial charge is 0.229 e. The molecule has 2 heterocycles. The normalized spacial score (nSPS) is 12.6. The lowest BCUT2D eigenvalue weighted by Gasteiger charge is -2.30. The number of rotatable bonds is 4. The van der Waals surface area contributed by atoms with Crippen LogP contribution < -0.4 is 9.80 Å². The molecule has 1 aromatic heterocycles. The summed E-state index contributed by atoms with van der Waals surface area (Å²) in [5.74, 6) is 0.745. The van der Waals surface area contributed by atoms with Gasteiger partial charge in [0.2, 0.25) is 5.95 Å². The van der Waals surface area contributed by atoms with E-state index in [9.17, 15) is 0 Å². The molecule has 0 fully saturated rings. The lowest BCUT2D eigenvalue weighted by molar-refractivity contribution is 0.939. The fourth-order valence-corrected chi connectivity index (χ4v) is 3.83. The van der Waals surface area contributed by atoms with Crippen molar-refractivity contribution in [2.24, 2.45) is 0 Å². The van der Waals surface area contributed by atoms with E-state index in [0.717, 1.165) is 36.0 Å². The third-order valence-electron chi connectivity index (χ3n) is 5.04. The molecule has 1 aliphatic rings. The van der Waals surface area contributed by atoms with E-state index in [-0.39, 0.29) is 0 Å². The first-order chi connectivity index (χ1) is 13.9. The number of hydrogen-bond acceptors (Lipinski definition) is 4. The highest BCUT2D eigenvalue weighted by Gasteiger charge is 2.28. The van der Waals surface area contributed by atoms with Crippen molar-refractivity contribution < 1.29 is 0 Å². The van der Waals surface area contributed by atoms with Gasteiger partial charge in [0.15, 0.2) is 0 Å². The maximum atomic E-state index is 4.50. The van der Waals surface area contributed by atoms with Gasteiger partial charge in [-0.3, -0.25) is 0 Å². The molecule has 0 saturated heterocycles. The summed E-state index contributed by atoms with van der Waals surface area (Å²) in [5, 5.41) is 0. The van der Waals surface area contributed by atoms with Crippen molar-refractivity contribution in [1.29, 1.82) is 0 Å². The van der Waals surface area contributed by atoms with Gasteiger partial charge in [-0.1, -0.05) is 48.5 Å². The van der Waals surface area contributed by atoms with E-state index >= 15 is 0 Å². The average Bonchev–Trinajstić information content (AvgIpc) is 3.21. The lowest BCUT2D eigenvalue weighted by atomic mass is 10.1. The molecule has 4 nitrogen and oxygen atoms in total. The Balaban J connectivity index is 1.71. The highest BCUT2D eigenvalue weighted by Crippen LogP contribution is 2.45. The molecule has 0 atom stereocenters. The van der Waals surface area contributed by atoms with Gasteiger partial charge in [0.05, 0.1) is 11.4 Å². The number of anilines is 5. The molecule has 0 spiro atoms. The second-order valence-electron chi connectivity index (χ2n) is 6.74. The third kappa shape index (κ3) is 2.89. The maximum Gasteiger partial charge on any atom is 0.229 e. The SMILES string of the molecule is c1ccc(N(c2ccccc2)c2cccc3c2N(c2ncccn2)CC3)cc1. The Bertz CT molecular complexity index is 1030. The van der Waals surface area contributed by atoms with Crippen LogP contribution in [0.3, 0.4) is 0 Å². The van der Waals surface area contributed by atoms with E-state index in [1.54, 1.807) is 12.4 Å². The summed E-state index contributed by atoms with van der Waals surface area (Å²) in [6.07, 6.45) is 4.59. The van der Waals surface area contributed by atoms with Gasteiger partial charge >= 0.3 is 0 Å². The Kier molecular flexibility index (Phi) is 4.22. The predicted octanol–water partition coefficient (Wildman–Crippen LogP) is 5.64. The zero-order chi connectivity index (χ0) is 18.8. The summed E-state index contributed by atoms with van der Waals surface area (Å²) in [4.78, 5) is 13.5. The van der Waals surface area contributed by atoms with Gasteiger partial charge in [0, 0.05) is 30.3 Å². The van der Waals surface area contributed by atoms with E-state index in [1.807, 2.05) is 18.2 Å². The topological polar surface area (TPSA) is 32.3 Å². The van der Waals surface area contributed by atoms with Gasteiger partial charge in [-0.05, 0) is 48.4 Å². The number of fused-ring (bicyclic) bond motifs is 1. The largest absolute Gasteiger partial charge is 0.308 e. The molecule has 0 radical (unpaired) electrons. The van der Waals surface area contributed by atoms with Crippen LogP contribution in [0.2, 0.25) is 0 Å². The average molecular weight is 364 g/mol. The van der Waals surface area contributed by atoms with Crippen molar-refractivity contribution in [3.8, 4) is 0 Å². The van der Waals surface area contributed by atoms with Gasteiger partial charge in [0.1, 0.15) is 0 Å². The van der Waals surface area contributed by atoms with Crippen LogP contribution in [0.4, 0.5) is 28.7 Å². The van der Waals surface area contributed by atoms with Gasteiger partial charge in [0.25, 0.3) is 0 Å². The molecule has 136 valence electrons. The van der Waals surface area contributed by atoms with Gasteiger partial charge in [-0.25, -0.2) is 9.97 Å². The highest BCUT2D eigenvalue weighted by molar-refractivity contribution is 5.89. The Hall–Kier alpha value is -3.66. The lowest BCUT2D eigenvalue weighted by Crippen LogP contribution is -2.19. The van der Waals surface area contributed by atoms with Crippen LogP contribution in [0.1, 0.15) is 5.56 Å². The number of nitrogens with zero attached hydrogens (tertiary/aromatic N) is 4. The van der Waals surface area contributed by atoms with Crippen LogP contribution in [-0.4, -0.2) is 16.5 Å². The van der Waals surface area contributed by atoms with Gasteiger partial charge < -0.3 is 9.80 Å². The molecule has 1 aliphatic heterocycles. The molecule has 28 heavy (non-hydrogen) atoms. The Morgan fingerprint density at radius 3 is 1.96 bits per heavy atom. The van der Waals surface area contributed by atoms with Gasteiger partial charge in [-0.2, -0.15) is 0 Å². The molecule has 4 aromatic rings. The summed E-state index contributed by atoms with van der Waals surface area (Å²) in [7, 11) is 0. The van der Waals surface area contributed by atoms with Crippen molar-refractivity contribution in [2.45, 2.75) is 6.42 Å². The summed E-state index contributed by atoms with van der Waals surface area (Å²) in [5.41, 5.74) is 5.90. The molecule has 0 amide bonds. The second kappa shape index (κ2) is 7.16. The molecular weight excluding hydrogens is 344 g/mol.